The summed E-state index contributed by atoms with van der Waals surface area (Å²) in [5, 5.41) is 4.23. The number of allylic oxidation sites excluding steroid dienone is 3. The van der Waals surface area contributed by atoms with Crippen LogP contribution in [0, 0.1) is 0 Å². The molecular formula is C17H21ClN2. The second kappa shape index (κ2) is 6.13. The van der Waals surface area contributed by atoms with Crippen LogP contribution in [0.3, 0.4) is 0 Å². The normalized spacial score (nSPS) is 26.9. The number of rotatable bonds is 3. The van der Waals surface area contributed by atoms with E-state index in [1.807, 2.05) is 12.1 Å². The highest BCUT2D eigenvalue weighted by atomic mass is 35.5. The lowest BCUT2D eigenvalue weighted by Gasteiger charge is -2.39. The molecule has 1 aliphatic carbocycles. The van der Waals surface area contributed by atoms with E-state index in [9.17, 15) is 0 Å². The molecule has 3 heteroatoms. The first-order valence-electron chi connectivity index (χ1n) is 7.32. The zero-order valence-corrected chi connectivity index (χ0v) is 12.4. The van der Waals surface area contributed by atoms with E-state index >= 15 is 0 Å². The van der Waals surface area contributed by atoms with E-state index in [1.54, 1.807) is 0 Å². The van der Waals surface area contributed by atoms with Gasteiger partial charge >= 0.3 is 0 Å². The molecule has 1 atom stereocenters. The van der Waals surface area contributed by atoms with Gasteiger partial charge in [0, 0.05) is 43.2 Å². The van der Waals surface area contributed by atoms with Crippen molar-refractivity contribution >= 4 is 11.6 Å². The van der Waals surface area contributed by atoms with Crippen molar-refractivity contribution in [1.29, 1.82) is 0 Å². The van der Waals surface area contributed by atoms with Gasteiger partial charge in [0.25, 0.3) is 0 Å². The van der Waals surface area contributed by atoms with Gasteiger partial charge in [-0.3, -0.25) is 4.90 Å². The minimum atomic E-state index is 0.0939. The maximum absolute atomic E-state index is 6.04. The highest BCUT2D eigenvalue weighted by molar-refractivity contribution is 6.30. The quantitative estimate of drug-likeness (QED) is 0.920. The fourth-order valence-electron chi connectivity index (χ4n) is 3.14. The maximum atomic E-state index is 6.04. The van der Waals surface area contributed by atoms with Crippen LogP contribution < -0.4 is 5.32 Å². The van der Waals surface area contributed by atoms with E-state index in [1.165, 1.54) is 5.56 Å². The Morgan fingerprint density at radius 1 is 1.10 bits per heavy atom. The molecule has 1 aromatic carbocycles. The third kappa shape index (κ3) is 2.98. The lowest BCUT2D eigenvalue weighted by molar-refractivity contribution is 0.204. The van der Waals surface area contributed by atoms with Crippen molar-refractivity contribution in [2.45, 2.75) is 11.8 Å². The summed E-state index contributed by atoms with van der Waals surface area (Å²) in [4.78, 5) is 2.56. The van der Waals surface area contributed by atoms with Gasteiger partial charge in [-0.2, -0.15) is 0 Å². The number of nitrogens with zero attached hydrogens (tertiary/aromatic N) is 1. The zero-order valence-electron chi connectivity index (χ0n) is 11.7. The van der Waals surface area contributed by atoms with E-state index in [0.717, 1.165) is 44.2 Å². The number of halogens is 1. The fourth-order valence-corrected chi connectivity index (χ4v) is 3.26. The van der Waals surface area contributed by atoms with Gasteiger partial charge in [-0.15, -0.1) is 0 Å². The topological polar surface area (TPSA) is 15.3 Å². The van der Waals surface area contributed by atoms with Gasteiger partial charge in [0.05, 0.1) is 0 Å². The van der Waals surface area contributed by atoms with Crippen LogP contribution in [0.4, 0.5) is 0 Å². The molecule has 1 aliphatic heterocycles. The first-order valence-corrected chi connectivity index (χ1v) is 7.70. The van der Waals surface area contributed by atoms with Gasteiger partial charge in [-0.1, -0.05) is 48.0 Å². The minimum absolute atomic E-state index is 0.0939. The molecule has 0 amide bonds. The predicted molar refractivity (Wildman–Crippen MR) is 85.3 cm³/mol. The Balaban J connectivity index is 1.86. The summed E-state index contributed by atoms with van der Waals surface area (Å²) < 4.78 is 0. The first kappa shape index (κ1) is 13.9. The van der Waals surface area contributed by atoms with Crippen LogP contribution in [0.25, 0.3) is 0 Å². The molecule has 2 nitrogen and oxygen atoms in total. The molecule has 1 heterocycles. The lowest BCUT2D eigenvalue weighted by Crippen LogP contribution is -2.49. The fraction of sp³-hybridized carbons (Fsp3) is 0.412. The number of benzene rings is 1. The molecule has 20 heavy (non-hydrogen) atoms. The molecule has 0 aromatic heterocycles. The van der Waals surface area contributed by atoms with Gasteiger partial charge in [0.15, 0.2) is 0 Å². The molecule has 0 bridgehead atoms. The molecule has 1 saturated heterocycles. The van der Waals surface area contributed by atoms with Crippen LogP contribution in [0.2, 0.25) is 5.02 Å². The second-order valence-electron chi connectivity index (χ2n) is 5.68. The van der Waals surface area contributed by atoms with E-state index < -0.39 is 0 Å². The smallest absolute Gasteiger partial charge is 0.0406 e. The molecule has 3 rings (SSSR count). The molecule has 0 saturated carbocycles. The van der Waals surface area contributed by atoms with Gasteiger partial charge < -0.3 is 5.32 Å². The van der Waals surface area contributed by atoms with Crippen molar-refractivity contribution in [1.82, 2.24) is 10.2 Å². The number of hydrogen-bond acceptors (Lipinski definition) is 2. The summed E-state index contributed by atoms with van der Waals surface area (Å²) in [5.41, 5.74) is 1.46. The second-order valence-corrected chi connectivity index (χ2v) is 6.12. The average molecular weight is 289 g/mol. The van der Waals surface area contributed by atoms with Crippen LogP contribution in [-0.4, -0.2) is 37.6 Å². The van der Waals surface area contributed by atoms with Crippen molar-refractivity contribution < 1.29 is 0 Å². The molecule has 2 aliphatic rings. The molecule has 106 valence electrons. The van der Waals surface area contributed by atoms with Crippen LogP contribution in [0.1, 0.15) is 12.0 Å². The standard InChI is InChI=1S/C17H21ClN2/c18-16-6-4-15(5-7-16)17(8-2-1-3-9-17)14-20-12-10-19-11-13-20/h1-8,19H,9-14H2. The van der Waals surface area contributed by atoms with Crippen molar-refractivity contribution in [3.05, 3.63) is 59.2 Å². The van der Waals surface area contributed by atoms with E-state index in [2.05, 4.69) is 46.7 Å². The van der Waals surface area contributed by atoms with Crippen molar-refractivity contribution in [2.75, 3.05) is 32.7 Å². The molecule has 0 radical (unpaired) electrons. The van der Waals surface area contributed by atoms with Crippen LogP contribution in [-0.2, 0) is 5.41 Å². The molecular weight excluding hydrogens is 268 g/mol. The number of nitrogens with one attached hydrogen (secondary N) is 1. The van der Waals surface area contributed by atoms with Crippen molar-refractivity contribution in [3.63, 3.8) is 0 Å². The minimum Gasteiger partial charge on any atom is -0.314 e. The summed E-state index contributed by atoms with van der Waals surface area (Å²) in [5.74, 6) is 0. The molecule has 0 spiro atoms. The highest BCUT2D eigenvalue weighted by Gasteiger charge is 2.32. The first-order chi connectivity index (χ1) is 9.78. The Morgan fingerprint density at radius 3 is 2.50 bits per heavy atom. The Labute approximate surface area is 126 Å². The summed E-state index contributed by atoms with van der Waals surface area (Å²) in [6, 6.07) is 8.35. The van der Waals surface area contributed by atoms with Crippen molar-refractivity contribution in [3.8, 4) is 0 Å². The third-order valence-corrected chi connectivity index (χ3v) is 4.53. The van der Waals surface area contributed by atoms with Gasteiger partial charge in [0.1, 0.15) is 0 Å². The Bertz CT molecular complexity index is 500. The Kier molecular flexibility index (Phi) is 4.25. The average Bonchev–Trinajstić information content (AvgIpc) is 2.50. The van der Waals surface area contributed by atoms with E-state index in [0.29, 0.717) is 0 Å². The summed E-state index contributed by atoms with van der Waals surface area (Å²) >= 11 is 6.04. The SMILES string of the molecule is Clc1ccc(C2(CN3CCNCC3)C=CC=CC2)cc1. The maximum Gasteiger partial charge on any atom is 0.0406 e. The van der Waals surface area contributed by atoms with Crippen LogP contribution in [0.5, 0.6) is 0 Å². The summed E-state index contributed by atoms with van der Waals surface area (Å²) in [7, 11) is 0. The Hall–Kier alpha value is -1.09. The molecule has 1 N–H and O–H groups in total. The predicted octanol–water partition coefficient (Wildman–Crippen LogP) is 3.00. The largest absolute Gasteiger partial charge is 0.314 e. The zero-order chi connectivity index (χ0) is 13.8. The number of piperazine rings is 1. The highest BCUT2D eigenvalue weighted by Crippen LogP contribution is 2.34. The van der Waals surface area contributed by atoms with Crippen molar-refractivity contribution in [2.24, 2.45) is 0 Å². The van der Waals surface area contributed by atoms with E-state index in [-0.39, 0.29) is 5.41 Å². The lowest BCUT2D eigenvalue weighted by atomic mass is 9.75. The molecule has 1 fully saturated rings. The molecule has 1 aromatic rings. The molecule has 1 unspecified atom stereocenters. The monoisotopic (exact) mass is 288 g/mol. The summed E-state index contributed by atoms with van der Waals surface area (Å²) in [6.45, 7) is 5.53. The van der Waals surface area contributed by atoms with Gasteiger partial charge in [-0.25, -0.2) is 0 Å². The van der Waals surface area contributed by atoms with Crippen LogP contribution >= 0.6 is 11.6 Å². The Morgan fingerprint density at radius 2 is 1.85 bits per heavy atom. The van der Waals surface area contributed by atoms with Gasteiger partial charge in [0.2, 0.25) is 0 Å². The third-order valence-electron chi connectivity index (χ3n) is 4.28. The van der Waals surface area contributed by atoms with Gasteiger partial charge in [-0.05, 0) is 24.1 Å². The summed E-state index contributed by atoms with van der Waals surface area (Å²) in [6.07, 6.45) is 10.0. The van der Waals surface area contributed by atoms with Crippen LogP contribution in [0.15, 0.2) is 48.6 Å². The van der Waals surface area contributed by atoms with E-state index in [4.69, 9.17) is 11.6 Å². The number of hydrogen-bond donors (Lipinski definition) is 1.